The van der Waals surface area contributed by atoms with Gasteiger partial charge in [-0.3, -0.25) is 9.53 Å². The summed E-state index contributed by atoms with van der Waals surface area (Å²) in [5.41, 5.74) is 0. The van der Waals surface area contributed by atoms with Crippen LogP contribution in [-0.4, -0.2) is 18.8 Å². The molecule has 0 saturated carbocycles. The van der Waals surface area contributed by atoms with Crippen molar-refractivity contribution in [3.63, 3.8) is 0 Å². The predicted molar refractivity (Wildman–Crippen MR) is 22.7 cm³/mol. The highest BCUT2D eigenvalue weighted by Gasteiger charge is 2.29. The highest BCUT2D eigenvalue weighted by Crippen LogP contribution is 2.15. The van der Waals surface area contributed by atoms with Crippen LogP contribution >= 0.6 is 0 Å². The van der Waals surface area contributed by atoms with Gasteiger partial charge in [-0.05, 0) is 6.92 Å². The van der Waals surface area contributed by atoms with Gasteiger partial charge in [0.1, 0.15) is 6.61 Å². The first-order valence-corrected chi connectivity index (χ1v) is 2.12. The third kappa shape index (κ3) is 7.42. The smallest absolute Gasteiger partial charge is 0.297 e. The molecule has 0 aliphatic carbocycles. The second-order valence-electron chi connectivity index (χ2n) is 1.44. The zero-order valence-electron chi connectivity index (χ0n) is 4.66. The van der Waals surface area contributed by atoms with Gasteiger partial charge in [-0.2, -0.15) is 0 Å². The van der Waals surface area contributed by atoms with E-state index in [2.05, 4.69) is 4.74 Å². The lowest BCUT2D eigenvalue weighted by atomic mass is 10.5. The Morgan fingerprint density at radius 2 is 2.00 bits per heavy atom. The molecule has 0 saturated heterocycles. The highest BCUT2D eigenvalue weighted by molar-refractivity contribution is 5.76. The Hall–Kier alpha value is -0.580. The molecule has 0 spiro atoms. The summed E-state index contributed by atoms with van der Waals surface area (Å²) in [5, 5.41) is 0. The van der Waals surface area contributed by atoms with Gasteiger partial charge in [0.25, 0.3) is 0 Å². The molecule has 0 unspecified atom stereocenters. The summed E-state index contributed by atoms with van der Waals surface area (Å²) in [6.07, 6.45) is -4.69. The number of hydrogen-bond donors (Lipinski definition) is 0. The lowest BCUT2D eigenvalue weighted by Gasteiger charge is -2.03. The summed E-state index contributed by atoms with van der Waals surface area (Å²) in [7, 11) is 0. The van der Waals surface area contributed by atoms with E-state index in [1.165, 1.54) is 0 Å². The van der Waals surface area contributed by atoms with Crippen LogP contribution in [0.25, 0.3) is 0 Å². The lowest BCUT2D eigenvalue weighted by molar-refractivity contribution is -0.320. The standard InChI is InChI=1S/C4H5F3O2/c1-3(8)2-9-4(5,6)7/h2H2,1H3. The summed E-state index contributed by atoms with van der Waals surface area (Å²) in [4.78, 5) is 9.87. The van der Waals surface area contributed by atoms with Gasteiger partial charge in [0.15, 0.2) is 5.78 Å². The van der Waals surface area contributed by atoms with Crippen LogP contribution in [0.3, 0.4) is 0 Å². The third-order valence-electron chi connectivity index (χ3n) is 0.439. The molecule has 54 valence electrons. The summed E-state index contributed by atoms with van der Waals surface area (Å²) in [6.45, 7) is 0.120. The van der Waals surface area contributed by atoms with E-state index in [4.69, 9.17) is 0 Å². The minimum Gasteiger partial charge on any atom is -0.297 e. The van der Waals surface area contributed by atoms with Crippen molar-refractivity contribution in [1.82, 2.24) is 0 Å². The molecule has 9 heavy (non-hydrogen) atoms. The largest absolute Gasteiger partial charge is 0.522 e. The molecule has 0 aliphatic heterocycles. The van der Waals surface area contributed by atoms with Crippen LogP contribution in [0.15, 0.2) is 0 Å². The fourth-order valence-corrected chi connectivity index (χ4v) is 0.183. The number of carbonyl (C=O) groups is 1. The Kier molecular flexibility index (Phi) is 2.64. The van der Waals surface area contributed by atoms with Crippen LogP contribution in [0.1, 0.15) is 6.92 Å². The second-order valence-corrected chi connectivity index (χ2v) is 1.44. The number of ketones is 1. The van der Waals surface area contributed by atoms with Gasteiger partial charge >= 0.3 is 6.36 Å². The van der Waals surface area contributed by atoms with E-state index in [1.54, 1.807) is 0 Å². The van der Waals surface area contributed by atoms with Crippen molar-refractivity contribution in [2.24, 2.45) is 0 Å². The number of alkyl halides is 3. The van der Waals surface area contributed by atoms with Crippen LogP contribution in [0.4, 0.5) is 13.2 Å². The van der Waals surface area contributed by atoms with E-state index < -0.39 is 18.8 Å². The summed E-state index contributed by atoms with van der Waals surface area (Å²) < 4.78 is 36.3. The summed E-state index contributed by atoms with van der Waals surface area (Å²) in [6, 6.07) is 0. The van der Waals surface area contributed by atoms with Crippen molar-refractivity contribution in [2.45, 2.75) is 13.3 Å². The van der Waals surface area contributed by atoms with Crippen molar-refractivity contribution >= 4 is 5.78 Å². The highest BCUT2D eigenvalue weighted by atomic mass is 19.4. The minimum absolute atomic E-state index is 0.646. The number of halogens is 3. The fourth-order valence-electron chi connectivity index (χ4n) is 0.183. The third-order valence-corrected chi connectivity index (χ3v) is 0.439. The van der Waals surface area contributed by atoms with Crippen LogP contribution < -0.4 is 0 Å². The van der Waals surface area contributed by atoms with Crippen molar-refractivity contribution in [3.8, 4) is 0 Å². The van der Waals surface area contributed by atoms with Crippen LogP contribution in [-0.2, 0) is 9.53 Å². The number of rotatable bonds is 2. The molecule has 0 aromatic heterocycles. The fraction of sp³-hybridized carbons (Fsp3) is 0.750. The Balaban J connectivity index is 3.39. The van der Waals surface area contributed by atoms with Crippen molar-refractivity contribution in [3.05, 3.63) is 0 Å². The van der Waals surface area contributed by atoms with Gasteiger partial charge < -0.3 is 0 Å². The molecule has 5 heteroatoms. The molecule has 0 aromatic rings. The average Bonchev–Trinajstić information content (AvgIpc) is 1.59. The zero-order chi connectivity index (χ0) is 7.49. The first kappa shape index (κ1) is 8.42. The first-order chi connectivity index (χ1) is 3.92. The topological polar surface area (TPSA) is 26.3 Å². The SMILES string of the molecule is CC(=O)COC(F)(F)F. The van der Waals surface area contributed by atoms with Gasteiger partial charge in [-0.25, -0.2) is 0 Å². The van der Waals surface area contributed by atoms with Gasteiger partial charge in [0, 0.05) is 0 Å². The molecule has 0 aromatic carbocycles. The Morgan fingerprint density at radius 1 is 1.56 bits per heavy atom. The summed E-state index contributed by atoms with van der Waals surface area (Å²) in [5.74, 6) is -0.646. The van der Waals surface area contributed by atoms with Gasteiger partial charge in [0.05, 0.1) is 0 Å². The van der Waals surface area contributed by atoms with Crippen LogP contribution in [0.2, 0.25) is 0 Å². The van der Waals surface area contributed by atoms with E-state index in [0.717, 1.165) is 6.92 Å². The molecule has 0 rings (SSSR count). The van der Waals surface area contributed by atoms with E-state index >= 15 is 0 Å². The van der Waals surface area contributed by atoms with Gasteiger partial charge in [-0.15, -0.1) is 13.2 Å². The van der Waals surface area contributed by atoms with E-state index in [0.29, 0.717) is 0 Å². The van der Waals surface area contributed by atoms with Crippen molar-refractivity contribution < 1.29 is 22.7 Å². The van der Waals surface area contributed by atoms with E-state index in [1.807, 2.05) is 0 Å². The average molecular weight is 142 g/mol. The molecule has 0 aliphatic rings. The van der Waals surface area contributed by atoms with Crippen LogP contribution in [0.5, 0.6) is 0 Å². The maximum absolute atomic E-state index is 11.0. The van der Waals surface area contributed by atoms with Crippen molar-refractivity contribution in [1.29, 1.82) is 0 Å². The molecule has 0 bridgehead atoms. The Morgan fingerprint density at radius 3 is 2.11 bits per heavy atom. The maximum Gasteiger partial charge on any atom is 0.522 e. The number of hydrogen-bond acceptors (Lipinski definition) is 2. The van der Waals surface area contributed by atoms with Gasteiger partial charge in [-0.1, -0.05) is 0 Å². The number of Topliss-reactive ketones (excluding diaryl/α,β-unsaturated/α-hetero) is 1. The van der Waals surface area contributed by atoms with Crippen molar-refractivity contribution in [2.75, 3.05) is 6.61 Å². The zero-order valence-corrected chi connectivity index (χ0v) is 4.66. The van der Waals surface area contributed by atoms with Gasteiger partial charge in [0.2, 0.25) is 0 Å². The second kappa shape index (κ2) is 2.82. The molecule has 0 atom stereocenters. The normalized spacial score (nSPS) is 11.6. The first-order valence-electron chi connectivity index (χ1n) is 2.12. The Bertz CT molecular complexity index is 107. The molecule has 2 nitrogen and oxygen atoms in total. The van der Waals surface area contributed by atoms with Crippen LogP contribution in [0, 0.1) is 0 Å². The summed E-state index contributed by atoms with van der Waals surface area (Å²) >= 11 is 0. The quantitative estimate of drug-likeness (QED) is 0.577. The molecular formula is C4H5F3O2. The van der Waals surface area contributed by atoms with E-state index in [-0.39, 0.29) is 0 Å². The molecule has 0 heterocycles. The monoisotopic (exact) mass is 142 g/mol. The molecule has 0 fully saturated rings. The minimum atomic E-state index is -4.69. The molecular weight excluding hydrogens is 137 g/mol. The molecule has 0 amide bonds. The Labute approximate surface area is 49.6 Å². The number of ether oxygens (including phenoxy) is 1. The molecule has 0 radical (unpaired) electrons. The molecule has 0 N–H and O–H groups in total. The number of carbonyl (C=O) groups excluding carboxylic acids is 1. The van der Waals surface area contributed by atoms with E-state index in [9.17, 15) is 18.0 Å². The predicted octanol–water partition coefficient (Wildman–Crippen LogP) is 1.11. The maximum atomic E-state index is 11.0. The lowest BCUT2D eigenvalue weighted by Crippen LogP contribution is -2.17.